The molecule has 3 fully saturated rings. The van der Waals surface area contributed by atoms with Crippen LogP contribution in [0.5, 0.6) is 0 Å². The molecular weight excluding hydrogens is 428 g/mol. The maximum Gasteiger partial charge on any atom is 0.272 e. The van der Waals surface area contributed by atoms with E-state index in [1.807, 2.05) is 29.1 Å². The summed E-state index contributed by atoms with van der Waals surface area (Å²) in [5.41, 5.74) is 3.12. The third-order valence-corrected chi connectivity index (χ3v) is 8.14. The second-order valence-corrected chi connectivity index (χ2v) is 10.3. The molecular formula is C25H34N8O. The van der Waals surface area contributed by atoms with E-state index in [9.17, 15) is 4.79 Å². The predicted molar refractivity (Wildman–Crippen MR) is 130 cm³/mol. The number of likely N-dealkylation sites (tertiary alicyclic amines) is 1. The zero-order chi connectivity index (χ0) is 23.1. The van der Waals surface area contributed by atoms with E-state index in [0.717, 1.165) is 48.1 Å². The van der Waals surface area contributed by atoms with Gasteiger partial charge >= 0.3 is 0 Å². The number of nitrogens with one attached hydrogen (secondary N) is 2. The normalized spacial score (nSPS) is 25.7. The van der Waals surface area contributed by atoms with Gasteiger partial charge in [0.25, 0.3) is 5.91 Å². The van der Waals surface area contributed by atoms with Gasteiger partial charge in [-0.3, -0.25) is 14.6 Å². The number of carbonyl (C=O) groups excluding carboxylic acids is 1. The molecule has 34 heavy (non-hydrogen) atoms. The Hall–Kier alpha value is -2.78. The number of benzene rings is 1. The summed E-state index contributed by atoms with van der Waals surface area (Å²) in [4.78, 5) is 18.0. The number of amides is 1. The fraction of sp³-hybridized carbons (Fsp3) is 0.600. The Balaban J connectivity index is 1.12. The SMILES string of the molecule is CN1[C@@H]2CC[C@H]1CC(NC(=O)c1n[nH]c3cc(-c4cn(CCN5CCCCC5)nn4)ccc13)C2. The molecule has 0 radical (unpaired) electrons. The number of carbonyl (C=O) groups is 1. The van der Waals surface area contributed by atoms with E-state index in [1.54, 1.807) is 0 Å². The van der Waals surface area contributed by atoms with E-state index >= 15 is 0 Å². The highest BCUT2D eigenvalue weighted by Crippen LogP contribution is 2.34. The predicted octanol–water partition coefficient (Wildman–Crippen LogP) is 2.66. The minimum Gasteiger partial charge on any atom is -0.348 e. The number of aromatic nitrogens is 5. The lowest BCUT2D eigenvalue weighted by Crippen LogP contribution is -2.48. The molecule has 3 aliphatic heterocycles. The monoisotopic (exact) mass is 462 g/mol. The fourth-order valence-corrected chi connectivity index (χ4v) is 6.10. The average Bonchev–Trinajstić information content (AvgIpc) is 3.54. The molecule has 5 heterocycles. The Bertz CT molecular complexity index is 1150. The lowest BCUT2D eigenvalue weighted by molar-refractivity contribution is 0.0879. The summed E-state index contributed by atoms with van der Waals surface area (Å²) in [6.07, 6.45) is 10.5. The van der Waals surface area contributed by atoms with Crippen molar-refractivity contribution in [2.75, 3.05) is 26.7 Å². The summed E-state index contributed by atoms with van der Waals surface area (Å²) in [6.45, 7) is 4.24. The second kappa shape index (κ2) is 9.11. The van der Waals surface area contributed by atoms with Gasteiger partial charge in [0.1, 0.15) is 5.69 Å². The van der Waals surface area contributed by atoms with Crippen molar-refractivity contribution in [2.24, 2.45) is 0 Å². The molecule has 0 spiro atoms. The van der Waals surface area contributed by atoms with Gasteiger partial charge in [0.05, 0.1) is 18.3 Å². The molecule has 3 aromatic rings. The van der Waals surface area contributed by atoms with Crippen LogP contribution in [0.4, 0.5) is 0 Å². The van der Waals surface area contributed by atoms with Gasteiger partial charge in [-0.1, -0.05) is 17.7 Å². The van der Waals surface area contributed by atoms with Crippen molar-refractivity contribution in [3.8, 4) is 11.3 Å². The van der Waals surface area contributed by atoms with E-state index in [-0.39, 0.29) is 11.9 Å². The third-order valence-electron chi connectivity index (χ3n) is 8.14. The molecule has 1 aromatic carbocycles. The number of hydrogen-bond donors (Lipinski definition) is 2. The standard InChI is InChI=1S/C25H34N8O/c1-31-19-6-7-20(31)15-18(14-19)26-25(34)24-21-8-5-17(13-22(21)27-29-24)23-16-33(30-28-23)12-11-32-9-3-2-4-10-32/h5,8,13,16,18-20H,2-4,6-7,9-12,14-15H2,1H3,(H,26,34)(H,27,29)/t18?,19-,20+. The van der Waals surface area contributed by atoms with E-state index < -0.39 is 0 Å². The minimum absolute atomic E-state index is 0.0865. The molecule has 2 bridgehead atoms. The fourth-order valence-electron chi connectivity index (χ4n) is 6.10. The first-order valence-electron chi connectivity index (χ1n) is 12.8. The molecule has 9 heteroatoms. The van der Waals surface area contributed by atoms with Crippen molar-refractivity contribution in [2.45, 2.75) is 69.6 Å². The molecule has 3 atom stereocenters. The molecule has 2 N–H and O–H groups in total. The van der Waals surface area contributed by atoms with Gasteiger partial charge in [-0.2, -0.15) is 5.10 Å². The van der Waals surface area contributed by atoms with Crippen LogP contribution >= 0.6 is 0 Å². The maximum absolute atomic E-state index is 13.0. The quantitative estimate of drug-likeness (QED) is 0.585. The lowest BCUT2D eigenvalue weighted by Gasteiger charge is -2.36. The van der Waals surface area contributed by atoms with E-state index in [0.29, 0.717) is 17.8 Å². The number of piperidine rings is 2. The third kappa shape index (κ3) is 4.22. The Morgan fingerprint density at radius 3 is 2.71 bits per heavy atom. The number of nitrogens with zero attached hydrogens (tertiary/aromatic N) is 6. The molecule has 0 saturated carbocycles. The summed E-state index contributed by atoms with van der Waals surface area (Å²) < 4.78 is 1.93. The molecule has 6 rings (SSSR count). The van der Waals surface area contributed by atoms with Crippen LogP contribution in [0, 0.1) is 0 Å². The highest BCUT2D eigenvalue weighted by atomic mass is 16.2. The van der Waals surface area contributed by atoms with Crippen molar-refractivity contribution in [3.05, 3.63) is 30.1 Å². The topological polar surface area (TPSA) is 95.0 Å². The van der Waals surface area contributed by atoms with Gasteiger partial charge in [-0.05, 0) is 70.8 Å². The minimum atomic E-state index is -0.0865. The first-order chi connectivity index (χ1) is 16.6. The van der Waals surface area contributed by atoms with Crippen LogP contribution < -0.4 is 5.32 Å². The second-order valence-electron chi connectivity index (χ2n) is 10.3. The van der Waals surface area contributed by atoms with Gasteiger partial charge in [0.2, 0.25) is 0 Å². The zero-order valence-electron chi connectivity index (χ0n) is 19.9. The molecule has 180 valence electrons. The van der Waals surface area contributed by atoms with Crippen LogP contribution in [-0.4, -0.2) is 85.7 Å². The maximum atomic E-state index is 13.0. The Labute approximate surface area is 199 Å². The molecule has 3 aliphatic rings. The molecule has 1 amide bonds. The van der Waals surface area contributed by atoms with Crippen LogP contribution in [0.2, 0.25) is 0 Å². The van der Waals surface area contributed by atoms with Crippen molar-refractivity contribution in [1.29, 1.82) is 0 Å². The van der Waals surface area contributed by atoms with Crippen molar-refractivity contribution in [1.82, 2.24) is 40.3 Å². The van der Waals surface area contributed by atoms with Crippen molar-refractivity contribution in [3.63, 3.8) is 0 Å². The van der Waals surface area contributed by atoms with Gasteiger partial charge in [-0.15, -0.1) is 5.10 Å². The van der Waals surface area contributed by atoms with Crippen LogP contribution in [0.15, 0.2) is 24.4 Å². The van der Waals surface area contributed by atoms with Gasteiger partial charge in [0.15, 0.2) is 5.69 Å². The highest BCUT2D eigenvalue weighted by molar-refractivity contribution is 6.05. The summed E-state index contributed by atoms with van der Waals surface area (Å²) in [6, 6.07) is 7.39. The number of H-pyrrole nitrogens is 1. The first kappa shape index (κ1) is 21.7. The summed E-state index contributed by atoms with van der Waals surface area (Å²) in [7, 11) is 2.21. The first-order valence-corrected chi connectivity index (χ1v) is 12.8. The molecule has 2 aromatic heterocycles. The Morgan fingerprint density at radius 2 is 1.91 bits per heavy atom. The van der Waals surface area contributed by atoms with E-state index in [2.05, 4.69) is 42.7 Å². The average molecular weight is 463 g/mol. The summed E-state index contributed by atoms with van der Waals surface area (Å²) in [5, 5.41) is 20.2. The summed E-state index contributed by atoms with van der Waals surface area (Å²) in [5.74, 6) is -0.0865. The van der Waals surface area contributed by atoms with Crippen molar-refractivity contribution < 1.29 is 4.79 Å². The van der Waals surface area contributed by atoms with Gasteiger partial charge in [0, 0.05) is 35.6 Å². The van der Waals surface area contributed by atoms with Crippen LogP contribution in [0.25, 0.3) is 22.2 Å². The van der Waals surface area contributed by atoms with Gasteiger partial charge < -0.3 is 15.1 Å². The van der Waals surface area contributed by atoms with Crippen LogP contribution in [0.1, 0.15) is 55.4 Å². The Kier molecular flexibility index (Phi) is 5.82. The molecule has 9 nitrogen and oxygen atoms in total. The van der Waals surface area contributed by atoms with Crippen LogP contribution in [0.3, 0.4) is 0 Å². The molecule has 1 unspecified atom stereocenters. The van der Waals surface area contributed by atoms with E-state index in [4.69, 9.17) is 0 Å². The molecule has 3 saturated heterocycles. The smallest absolute Gasteiger partial charge is 0.272 e. The largest absolute Gasteiger partial charge is 0.348 e. The summed E-state index contributed by atoms with van der Waals surface area (Å²) >= 11 is 0. The number of fused-ring (bicyclic) bond motifs is 3. The van der Waals surface area contributed by atoms with Gasteiger partial charge in [-0.25, -0.2) is 0 Å². The lowest BCUT2D eigenvalue weighted by atomic mass is 9.98. The number of aromatic amines is 1. The Morgan fingerprint density at radius 1 is 1.12 bits per heavy atom. The van der Waals surface area contributed by atoms with E-state index in [1.165, 1.54) is 45.2 Å². The highest BCUT2D eigenvalue weighted by Gasteiger charge is 2.39. The molecule has 0 aliphatic carbocycles. The van der Waals surface area contributed by atoms with Crippen molar-refractivity contribution >= 4 is 16.8 Å². The number of hydrogen-bond acceptors (Lipinski definition) is 6. The zero-order valence-corrected chi connectivity index (χ0v) is 19.9. The number of rotatable bonds is 6. The van der Waals surface area contributed by atoms with Crippen LogP contribution in [-0.2, 0) is 6.54 Å².